The molecule has 2 aliphatic rings. The van der Waals surface area contributed by atoms with Gasteiger partial charge in [0.05, 0.1) is 0 Å². The van der Waals surface area contributed by atoms with E-state index in [0.717, 1.165) is 5.92 Å². The summed E-state index contributed by atoms with van der Waals surface area (Å²) in [6.07, 6.45) is 8.46. The van der Waals surface area contributed by atoms with E-state index in [4.69, 9.17) is 0 Å². The number of allylic oxidation sites excluding steroid dienone is 1. The van der Waals surface area contributed by atoms with E-state index in [0.29, 0.717) is 0 Å². The molecule has 4 rings (SSSR count). The molecule has 17 heavy (non-hydrogen) atoms. The van der Waals surface area contributed by atoms with Crippen molar-refractivity contribution in [1.82, 2.24) is 0 Å². The predicted molar refractivity (Wildman–Crippen MR) is 81.4 cm³/mol. The molecular formula is C16H13I. The van der Waals surface area contributed by atoms with Crippen LogP contribution in [0.2, 0.25) is 0 Å². The molecule has 0 saturated heterocycles. The van der Waals surface area contributed by atoms with Gasteiger partial charge in [-0.05, 0) is 87.4 Å². The molecule has 0 nitrogen and oxygen atoms in total. The summed E-state index contributed by atoms with van der Waals surface area (Å²) < 4.78 is 1.37. The number of rotatable bonds is 0. The Labute approximate surface area is 115 Å². The van der Waals surface area contributed by atoms with Crippen molar-refractivity contribution in [1.29, 1.82) is 0 Å². The average molecular weight is 332 g/mol. The van der Waals surface area contributed by atoms with Gasteiger partial charge in [-0.15, -0.1) is 0 Å². The smallest absolute Gasteiger partial charge is 0.0139 e. The normalized spacial score (nSPS) is 20.9. The van der Waals surface area contributed by atoms with Crippen molar-refractivity contribution in [2.24, 2.45) is 0 Å². The van der Waals surface area contributed by atoms with Gasteiger partial charge in [-0.1, -0.05) is 24.3 Å². The molecular weight excluding hydrogens is 319 g/mol. The first-order chi connectivity index (χ1) is 8.33. The maximum atomic E-state index is 2.44. The lowest BCUT2D eigenvalue weighted by atomic mass is 9.75. The first-order valence-electron chi connectivity index (χ1n) is 6.24. The second-order valence-corrected chi connectivity index (χ2v) is 6.35. The van der Waals surface area contributed by atoms with E-state index in [-0.39, 0.29) is 0 Å². The van der Waals surface area contributed by atoms with Crippen LogP contribution in [0.4, 0.5) is 0 Å². The van der Waals surface area contributed by atoms with Crippen LogP contribution in [0.1, 0.15) is 35.4 Å². The number of benzene rings is 2. The highest BCUT2D eigenvalue weighted by Crippen LogP contribution is 2.43. The monoisotopic (exact) mass is 332 g/mol. The highest BCUT2D eigenvalue weighted by atomic mass is 127. The molecule has 0 fully saturated rings. The van der Waals surface area contributed by atoms with Crippen molar-refractivity contribution in [3.63, 3.8) is 0 Å². The molecule has 84 valence electrons. The summed E-state index contributed by atoms with van der Waals surface area (Å²) in [5, 5.41) is 2.99. The van der Waals surface area contributed by atoms with E-state index in [1.54, 1.807) is 16.5 Å². The molecule has 1 atom stereocenters. The number of aryl methyl sites for hydroxylation is 1. The van der Waals surface area contributed by atoms with Crippen LogP contribution in [0.25, 0.3) is 16.8 Å². The van der Waals surface area contributed by atoms with Crippen molar-refractivity contribution >= 4 is 39.4 Å². The fourth-order valence-electron chi connectivity index (χ4n) is 3.41. The summed E-state index contributed by atoms with van der Waals surface area (Å²) in [7, 11) is 0. The molecule has 1 heteroatoms. The SMILES string of the molecule is Ic1cc2c3c4c(ccc3c1)C=CCC4CC2. The number of halogens is 1. The predicted octanol–water partition coefficient (Wildman–Crippen LogP) is 4.89. The minimum absolute atomic E-state index is 0.770. The van der Waals surface area contributed by atoms with E-state index in [9.17, 15) is 0 Å². The summed E-state index contributed by atoms with van der Waals surface area (Å²) in [4.78, 5) is 0. The zero-order valence-corrected chi connectivity index (χ0v) is 11.7. The molecule has 0 aromatic heterocycles. The van der Waals surface area contributed by atoms with Crippen molar-refractivity contribution < 1.29 is 0 Å². The molecule has 0 radical (unpaired) electrons. The van der Waals surface area contributed by atoms with Crippen LogP contribution in [0.5, 0.6) is 0 Å². The number of hydrogen-bond acceptors (Lipinski definition) is 0. The van der Waals surface area contributed by atoms with Gasteiger partial charge in [-0.3, -0.25) is 0 Å². The van der Waals surface area contributed by atoms with Crippen LogP contribution in [-0.4, -0.2) is 0 Å². The van der Waals surface area contributed by atoms with Gasteiger partial charge in [0, 0.05) is 3.57 Å². The second-order valence-electron chi connectivity index (χ2n) is 5.11. The Morgan fingerprint density at radius 2 is 2.12 bits per heavy atom. The first-order valence-corrected chi connectivity index (χ1v) is 7.32. The van der Waals surface area contributed by atoms with Crippen molar-refractivity contribution in [3.8, 4) is 0 Å². The van der Waals surface area contributed by atoms with Crippen LogP contribution in [0.3, 0.4) is 0 Å². The maximum absolute atomic E-state index is 2.44. The topological polar surface area (TPSA) is 0 Å². The van der Waals surface area contributed by atoms with Crippen molar-refractivity contribution in [2.45, 2.75) is 25.2 Å². The first kappa shape index (κ1) is 10.1. The van der Waals surface area contributed by atoms with Crippen LogP contribution in [0.15, 0.2) is 30.3 Å². The minimum atomic E-state index is 0.770. The van der Waals surface area contributed by atoms with Gasteiger partial charge in [-0.25, -0.2) is 0 Å². The summed E-state index contributed by atoms with van der Waals surface area (Å²) in [6, 6.07) is 9.28. The highest BCUT2D eigenvalue weighted by molar-refractivity contribution is 14.1. The minimum Gasteiger partial charge on any atom is -0.0833 e. The molecule has 0 aliphatic heterocycles. The largest absolute Gasteiger partial charge is 0.0833 e. The van der Waals surface area contributed by atoms with Gasteiger partial charge in [0.15, 0.2) is 0 Å². The molecule has 1 unspecified atom stereocenters. The van der Waals surface area contributed by atoms with Crippen LogP contribution < -0.4 is 0 Å². The van der Waals surface area contributed by atoms with Crippen molar-refractivity contribution in [3.05, 3.63) is 50.6 Å². The van der Waals surface area contributed by atoms with Gasteiger partial charge < -0.3 is 0 Å². The summed E-state index contributed by atoms with van der Waals surface area (Å²) >= 11 is 2.44. The van der Waals surface area contributed by atoms with Gasteiger partial charge in [0.25, 0.3) is 0 Å². The van der Waals surface area contributed by atoms with Gasteiger partial charge in [0.2, 0.25) is 0 Å². The lowest BCUT2D eigenvalue weighted by Gasteiger charge is -2.29. The van der Waals surface area contributed by atoms with E-state index in [2.05, 4.69) is 59.0 Å². The van der Waals surface area contributed by atoms with Crippen molar-refractivity contribution in [2.75, 3.05) is 0 Å². The van der Waals surface area contributed by atoms with E-state index in [1.165, 1.54) is 33.8 Å². The molecule has 2 aromatic carbocycles. The summed E-state index contributed by atoms with van der Waals surface area (Å²) in [5.41, 5.74) is 4.65. The van der Waals surface area contributed by atoms with Gasteiger partial charge in [-0.2, -0.15) is 0 Å². The Balaban J connectivity index is 2.20. The third kappa shape index (κ3) is 1.41. The zero-order chi connectivity index (χ0) is 11.4. The molecule has 0 bridgehead atoms. The van der Waals surface area contributed by atoms with E-state index >= 15 is 0 Å². The third-order valence-electron chi connectivity index (χ3n) is 4.13. The molecule has 2 aromatic rings. The number of hydrogen-bond donors (Lipinski definition) is 0. The quantitative estimate of drug-likeness (QED) is 0.603. The fraction of sp³-hybridized carbons (Fsp3) is 0.250. The molecule has 0 amide bonds. The van der Waals surface area contributed by atoms with Crippen LogP contribution >= 0.6 is 22.6 Å². The maximum Gasteiger partial charge on any atom is 0.0139 e. The Bertz CT molecular complexity index is 652. The Morgan fingerprint density at radius 1 is 1.18 bits per heavy atom. The lowest BCUT2D eigenvalue weighted by molar-refractivity contribution is 0.619. The molecule has 0 N–H and O–H groups in total. The summed E-state index contributed by atoms with van der Waals surface area (Å²) in [6.45, 7) is 0. The molecule has 0 spiro atoms. The standard InChI is InChI=1S/C16H13I/c17-14-8-12-6-4-10-2-1-3-11-5-7-13(9-14)16(12)15(10)11/h1-2,4,6,8-9,11H,3,5,7H2. The molecule has 0 heterocycles. The van der Waals surface area contributed by atoms with Crippen LogP contribution in [-0.2, 0) is 6.42 Å². The third-order valence-corrected chi connectivity index (χ3v) is 4.75. The molecule has 2 aliphatic carbocycles. The molecule has 0 saturated carbocycles. The second kappa shape index (κ2) is 3.58. The van der Waals surface area contributed by atoms with E-state index in [1.807, 2.05) is 0 Å². The average Bonchev–Trinajstić information content (AvgIpc) is 2.35. The van der Waals surface area contributed by atoms with E-state index < -0.39 is 0 Å². The zero-order valence-electron chi connectivity index (χ0n) is 9.54. The Morgan fingerprint density at radius 3 is 3.06 bits per heavy atom. The Kier molecular flexibility index (Phi) is 2.13. The van der Waals surface area contributed by atoms with Crippen LogP contribution in [0, 0.1) is 3.57 Å². The lowest BCUT2D eigenvalue weighted by Crippen LogP contribution is -2.12. The van der Waals surface area contributed by atoms with Gasteiger partial charge >= 0.3 is 0 Å². The Hall–Kier alpha value is -0.830. The highest BCUT2D eigenvalue weighted by Gasteiger charge is 2.25. The van der Waals surface area contributed by atoms with Gasteiger partial charge in [0.1, 0.15) is 0 Å². The summed E-state index contributed by atoms with van der Waals surface area (Å²) in [5.74, 6) is 0.770. The fourth-order valence-corrected chi connectivity index (χ4v) is 4.12.